The van der Waals surface area contributed by atoms with Gasteiger partial charge in [0.25, 0.3) is 5.56 Å². The highest BCUT2D eigenvalue weighted by Crippen LogP contribution is 2.15. The first-order chi connectivity index (χ1) is 9.49. The summed E-state index contributed by atoms with van der Waals surface area (Å²) in [7, 11) is 0. The van der Waals surface area contributed by atoms with Gasteiger partial charge in [-0.2, -0.15) is 0 Å². The summed E-state index contributed by atoms with van der Waals surface area (Å²) in [6.07, 6.45) is 0. The van der Waals surface area contributed by atoms with E-state index >= 15 is 0 Å². The Morgan fingerprint density at radius 1 is 1.10 bits per heavy atom. The zero-order chi connectivity index (χ0) is 14.7. The van der Waals surface area contributed by atoms with Gasteiger partial charge >= 0.3 is 5.68 Å². The molecule has 0 fully saturated rings. The number of rotatable bonds is 3. The lowest BCUT2D eigenvalue weighted by atomic mass is 10.2. The van der Waals surface area contributed by atoms with Gasteiger partial charge in [-0.1, -0.05) is 30.3 Å². The Morgan fingerprint density at radius 3 is 2.30 bits per heavy atom. The SMILES string of the molecule is CC(C)N=c1oc(-c2ccccc2)cc(=O)n1C(C)C. The fraction of sp³-hybridized carbons (Fsp3) is 0.375. The standard InChI is InChI=1S/C16H20N2O2/c1-11(2)17-16-18(12(3)4)15(19)10-14(20-16)13-8-6-5-7-9-13/h5-12H,1-4H3. The minimum absolute atomic E-state index is 0.00794. The first kappa shape index (κ1) is 14.3. The molecule has 4 heteroatoms. The zero-order valence-electron chi connectivity index (χ0n) is 12.3. The van der Waals surface area contributed by atoms with E-state index in [0.717, 1.165) is 5.56 Å². The summed E-state index contributed by atoms with van der Waals surface area (Å²) in [6, 6.07) is 11.2. The van der Waals surface area contributed by atoms with Crippen molar-refractivity contribution >= 4 is 0 Å². The lowest BCUT2D eigenvalue weighted by Gasteiger charge is -2.11. The summed E-state index contributed by atoms with van der Waals surface area (Å²) in [5.74, 6) is 0.548. The van der Waals surface area contributed by atoms with E-state index < -0.39 is 0 Å². The van der Waals surface area contributed by atoms with Crippen LogP contribution >= 0.6 is 0 Å². The van der Waals surface area contributed by atoms with Gasteiger partial charge in [0.2, 0.25) is 0 Å². The molecule has 0 saturated carbocycles. The molecule has 4 nitrogen and oxygen atoms in total. The van der Waals surface area contributed by atoms with Crippen LogP contribution in [0.2, 0.25) is 0 Å². The fourth-order valence-electron chi connectivity index (χ4n) is 1.98. The molecular weight excluding hydrogens is 252 g/mol. The van der Waals surface area contributed by atoms with E-state index in [0.29, 0.717) is 11.4 Å². The molecule has 1 aromatic heterocycles. The van der Waals surface area contributed by atoms with Crippen LogP contribution in [0.3, 0.4) is 0 Å². The molecule has 0 amide bonds. The minimum Gasteiger partial charge on any atom is -0.425 e. The number of aromatic nitrogens is 1. The Morgan fingerprint density at radius 2 is 1.75 bits per heavy atom. The van der Waals surface area contributed by atoms with Gasteiger partial charge in [0.1, 0.15) is 5.76 Å². The normalized spacial score (nSPS) is 12.4. The molecule has 0 spiro atoms. The quantitative estimate of drug-likeness (QED) is 0.862. The largest absolute Gasteiger partial charge is 0.425 e. The topological polar surface area (TPSA) is 47.5 Å². The summed E-state index contributed by atoms with van der Waals surface area (Å²) < 4.78 is 7.42. The van der Waals surface area contributed by atoms with Crippen molar-refractivity contribution in [2.75, 3.05) is 0 Å². The highest BCUT2D eigenvalue weighted by Gasteiger charge is 2.10. The van der Waals surface area contributed by atoms with Gasteiger partial charge in [0, 0.05) is 23.7 Å². The van der Waals surface area contributed by atoms with E-state index in [4.69, 9.17) is 4.42 Å². The predicted molar refractivity (Wildman–Crippen MR) is 79.5 cm³/mol. The van der Waals surface area contributed by atoms with Gasteiger partial charge < -0.3 is 4.42 Å². The van der Waals surface area contributed by atoms with Crippen LogP contribution in [0.25, 0.3) is 11.3 Å². The van der Waals surface area contributed by atoms with E-state index in [2.05, 4.69) is 4.99 Å². The van der Waals surface area contributed by atoms with E-state index in [-0.39, 0.29) is 17.6 Å². The van der Waals surface area contributed by atoms with Crippen molar-refractivity contribution in [1.82, 2.24) is 4.57 Å². The second-order valence-electron chi connectivity index (χ2n) is 5.28. The Balaban J connectivity index is 2.71. The third-order valence-electron chi connectivity index (χ3n) is 2.84. The fourth-order valence-corrected chi connectivity index (χ4v) is 1.98. The molecule has 0 radical (unpaired) electrons. The van der Waals surface area contributed by atoms with Crippen LogP contribution in [0.15, 0.2) is 50.6 Å². The van der Waals surface area contributed by atoms with Crippen LogP contribution in [-0.2, 0) is 0 Å². The molecule has 1 aromatic carbocycles. The van der Waals surface area contributed by atoms with Crippen LogP contribution in [0.5, 0.6) is 0 Å². The van der Waals surface area contributed by atoms with E-state index in [9.17, 15) is 4.79 Å². The summed E-state index contributed by atoms with van der Waals surface area (Å²) >= 11 is 0. The summed E-state index contributed by atoms with van der Waals surface area (Å²) in [5, 5.41) is 0. The van der Waals surface area contributed by atoms with Crippen molar-refractivity contribution in [1.29, 1.82) is 0 Å². The van der Waals surface area contributed by atoms with Crippen molar-refractivity contribution in [3.63, 3.8) is 0 Å². The molecule has 0 aliphatic heterocycles. The molecule has 106 valence electrons. The molecule has 2 aromatic rings. The third-order valence-corrected chi connectivity index (χ3v) is 2.84. The molecule has 20 heavy (non-hydrogen) atoms. The highest BCUT2D eigenvalue weighted by molar-refractivity contribution is 5.55. The van der Waals surface area contributed by atoms with Crippen LogP contribution < -0.4 is 11.2 Å². The van der Waals surface area contributed by atoms with Crippen LogP contribution in [-0.4, -0.2) is 10.6 Å². The minimum atomic E-state index is -0.0931. The molecule has 1 heterocycles. The smallest absolute Gasteiger partial charge is 0.300 e. The molecule has 0 aliphatic rings. The first-order valence-corrected chi connectivity index (χ1v) is 6.85. The summed E-state index contributed by atoms with van der Waals surface area (Å²) in [6.45, 7) is 7.80. The third kappa shape index (κ3) is 3.07. The van der Waals surface area contributed by atoms with Crippen LogP contribution in [0.4, 0.5) is 0 Å². The maximum atomic E-state index is 12.3. The number of nitrogens with zero attached hydrogens (tertiary/aromatic N) is 2. The van der Waals surface area contributed by atoms with Crippen molar-refractivity contribution in [3.8, 4) is 11.3 Å². The van der Waals surface area contributed by atoms with Gasteiger partial charge in [-0.3, -0.25) is 9.36 Å². The Kier molecular flexibility index (Phi) is 4.23. The molecule has 0 saturated heterocycles. The molecule has 0 N–H and O–H groups in total. The molecule has 0 bridgehead atoms. The van der Waals surface area contributed by atoms with Crippen molar-refractivity contribution in [3.05, 3.63) is 52.4 Å². The van der Waals surface area contributed by atoms with Gasteiger partial charge in [-0.05, 0) is 27.7 Å². The average molecular weight is 272 g/mol. The lowest BCUT2D eigenvalue weighted by molar-refractivity contribution is 0.380. The first-order valence-electron chi connectivity index (χ1n) is 6.85. The summed E-state index contributed by atoms with van der Waals surface area (Å²) in [4.78, 5) is 16.7. The predicted octanol–water partition coefficient (Wildman–Crippen LogP) is 3.00. The van der Waals surface area contributed by atoms with Crippen LogP contribution in [0.1, 0.15) is 33.7 Å². The molecule has 2 rings (SSSR count). The number of hydrogen-bond acceptors (Lipinski definition) is 3. The van der Waals surface area contributed by atoms with Crippen LogP contribution in [0, 0.1) is 0 Å². The van der Waals surface area contributed by atoms with E-state index in [1.165, 1.54) is 6.07 Å². The maximum absolute atomic E-state index is 12.3. The molecule has 0 unspecified atom stereocenters. The summed E-state index contributed by atoms with van der Waals surface area (Å²) in [5.41, 5.74) is 1.16. The van der Waals surface area contributed by atoms with Crippen molar-refractivity contribution in [2.45, 2.75) is 39.8 Å². The Hall–Kier alpha value is -2.10. The zero-order valence-corrected chi connectivity index (χ0v) is 12.3. The van der Waals surface area contributed by atoms with Gasteiger partial charge in [0.05, 0.1) is 0 Å². The number of hydrogen-bond donors (Lipinski definition) is 0. The lowest BCUT2D eigenvalue weighted by Crippen LogP contribution is -2.35. The van der Waals surface area contributed by atoms with E-state index in [1.54, 1.807) is 4.57 Å². The van der Waals surface area contributed by atoms with E-state index in [1.807, 2.05) is 58.0 Å². The second kappa shape index (κ2) is 5.90. The van der Waals surface area contributed by atoms with Gasteiger partial charge in [0.15, 0.2) is 0 Å². The Labute approximate surface area is 118 Å². The number of benzene rings is 1. The monoisotopic (exact) mass is 272 g/mol. The van der Waals surface area contributed by atoms with Gasteiger partial charge in [-0.15, -0.1) is 0 Å². The van der Waals surface area contributed by atoms with Gasteiger partial charge in [-0.25, -0.2) is 4.99 Å². The molecule has 0 aliphatic carbocycles. The van der Waals surface area contributed by atoms with Crippen molar-refractivity contribution < 1.29 is 4.42 Å². The van der Waals surface area contributed by atoms with Crippen molar-refractivity contribution in [2.24, 2.45) is 4.99 Å². The maximum Gasteiger partial charge on any atom is 0.300 e. The highest BCUT2D eigenvalue weighted by atomic mass is 16.4. The Bertz CT molecular complexity index is 694. The molecule has 0 atom stereocenters. The molecular formula is C16H20N2O2. The second-order valence-corrected chi connectivity index (χ2v) is 5.28. The average Bonchev–Trinajstić information content (AvgIpc) is 2.38.